The van der Waals surface area contributed by atoms with E-state index >= 15 is 0 Å². The lowest BCUT2D eigenvalue weighted by Gasteiger charge is -2.07. The summed E-state index contributed by atoms with van der Waals surface area (Å²) in [5.74, 6) is 5.14. The lowest BCUT2D eigenvalue weighted by atomic mass is 10.3. The van der Waals surface area contributed by atoms with Crippen LogP contribution in [0.5, 0.6) is 0 Å². The van der Waals surface area contributed by atoms with Gasteiger partial charge < -0.3 is 9.84 Å². The summed E-state index contributed by atoms with van der Waals surface area (Å²) >= 11 is 0. The Kier molecular flexibility index (Phi) is 3.78. The lowest BCUT2D eigenvalue weighted by molar-refractivity contribution is -0.387. The van der Waals surface area contributed by atoms with E-state index < -0.39 is 25.5 Å². The predicted octanol–water partition coefficient (Wildman–Crippen LogP) is 0.978. The monoisotopic (exact) mass is 313 g/mol. The van der Waals surface area contributed by atoms with Gasteiger partial charge in [0.2, 0.25) is 0 Å². The highest BCUT2D eigenvalue weighted by Crippen LogP contribution is 2.28. The van der Waals surface area contributed by atoms with Crippen LogP contribution in [0.2, 0.25) is 0 Å². The molecular weight excluding hydrogens is 302 g/mol. The number of benzene rings is 1. The molecule has 0 saturated heterocycles. The van der Waals surface area contributed by atoms with Crippen molar-refractivity contribution in [2.75, 3.05) is 10.1 Å². The van der Waals surface area contributed by atoms with Gasteiger partial charge in [0.25, 0.3) is 15.7 Å². The third-order valence-electron chi connectivity index (χ3n) is 2.45. The molecule has 112 valence electrons. The maximum atomic E-state index is 12.2. The van der Waals surface area contributed by atoms with Crippen LogP contribution < -0.4 is 16.0 Å². The fourth-order valence-electron chi connectivity index (χ4n) is 1.55. The maximum absolute atomic E-state index is 12.2. The summed E-state index contributed by atoms with van der Waals surface area (Å²) in [7, 11) is -4.22. The second-order valence-electron chi connectivity index (χ2n) is 3.98. The molecule has 0 atom stereocenters. The summed E-state index contributed by atoms with van der Waals surface area (Å²) < 4.78 is 31.2. The third kappa shape index (κ3) is 3.09. The average molecular weight is 313 g/mol. The molecule has 4 N–H and O–H groups in total. The third-order valence-corrected chi connectivity index (χ3v) is 3.82. The molecule has 1 aromatic heterocycles. The molecule has 0 aliphatic rings. The highest BCUT2D eigenvalue weighted by Gasteiger charge is 2.27. The number of aromatic nitrogens is 1. The Morgan fingerprint density at radius 1 is 1.43 bits per heavy atom. The van der Waals surface area contributed by atoms with Gasteiger partial charge in [0.1, 0.15) is 6.26 Å². The van der Waals surface area contributed by atoms with Crippen molar-refractivity contribution in [1.82, 2.24) is 4.98 Å². The van der Waals surface area contributed by atoms with Gasteiger partial charge >= 0.3 is 6.01 Å². The normalized spacial score (nSPS) is 11.1. The van der Waals surface area contributed by atoms with Crippen molar-refractivity contribution in [3.63, 3.8) is 0 Å². The number of nitro groups is 1. The van der Waals surface area contributed by atoms with E-state index in [4.69, 9.17) is 10.3 Å². The Bertz CT molecular complexity index is 785. The molecule has 0 spiro atoms. The highest BCUT2D eigenvalue weighted by atomic mass is 32.2. The minimum atomic E-state index is -4.22. The smallest absolute Gasteiger partial charge is 0.309 e. The number of hydrogen-bond donors (Lipinski definition) is 3. The van der Waals surface area contributed by atoms with Crippen LogP contribution in [-0.4, -0.2) is 18.3 Å². The molecule has 0 aliphatic carbocycles. The number of rotatable bonds is 5. The van der Waals surface area contributed by atoms with Gasteiger partial charge in [-0.1, -0.05) is 0 Å². The zero-order valence-corrected chi connectivity index (χ0v) is 11.5. The van der Waals surface area contributed by atoms with Crippen LogP contribution in [-0.2, 0) is 10.0 Å². The summed E-state index contributed by atoms with van der Waals surface area (Å²) in [6.45, 7) is 1.60. The van der Waals surface area contributed by atoms with Crippen LogP contribution in [0.3, 0.4) is 0 Å². The van der Waals surface area contributed by atoms with Gasteiger partial charge in [0, 0.05) is 6.07 Å². The van der Waals surface area contributed by atoms with Crippen molar-refractivity contribution in [3.8, 4) is 0 Å². The van der Waals surface area contributed by atoms with Gasteiger partial charge in [-0.2, -0.15) is 4.98 Å². The first-order chi connectivity index (χ1) is 9.83. The van der Waals surface area contributed by atoms with Crippen LogP contribution >= 0.6 is 0 Å². The predicted molar refractivity (Wildman–Crippen MR) is 73.0 cm³/mol. The molecule has 2 rings (SSSR count). The quantitative estimate of drug-likeness (QED) is 0.419. The number of oxazole rings is 1. The minimum absolute atomic E-state index is 0.201. The number of nitrogens with one attached hydrogen (secondary N) is 2. The summed E-state index contributed by atoms with van der Waals surface area (Å²) in [6, 6.07) is 3.09. The van der Waals surface area contributed by atoms with E-state index in [-0.39, 0.29) is 11.7 Å². The lowest BCUT2D eigenvalue weighted by Crippen LogP contribution is -2.15. The van der Waals surface area contributed by atoms with E-state index in [1.807, 2.05) is 4.72 Å². The van der Waals surface area contributed by atoms with E-state index in [1.165, 1.54) is 12.3 Å². The summed E-state index contributed by atoms with van der Waals surface area (Å²) in [6.07, 6.45) is 1.24. The van der Waals surface area contributed by atoms with Crippen molar-refractivity contribution < 1.29 is 17.8 Å². The Morgan fingerprint density at radius 3 is 2.67 bits per heavy atom. The highest BCUT2D eigenvalue weighted by molar-refractivity contribution is 7.92. The van der Waals surface area contributed by atoms with Gasteiger partial charge in [-0.3, -0.25) is 16.0 Å². The Balaban J connectivity index is 2.46. The van der Waals surface area contributed by atoms with E-state index in [0.29, 0.717) is 5.69 Å². The molecule has 0 radical (unpaired) electrons. The minimum Gasteiger partial charge on any atom is -0.431 e. The zero-order valence-electron chi connectivity index (χ0n) is 10.7. The summed E-state index contributed by atoms with van der Waals surface area (Å²) in [5.41, 5.74) is 2.24. The van der Waals surface area contributed by atoms with E-state index in [0.717, 1.165) is 12.1 Å². The first-order valence-electron chi connectivity index (χ1n) is 5.53. The molecule has 0 fully saturated rings. The molecule has 0 amide bonds. The van der Waals surface area contributed by atoms with Gasteiger partial charge in [-0.05, 0) is 19.1 Å². The zero-order chi connectivity index (χ0) is 15.6. The van der Waals surface area contributed by atoms with Crippen molar-refractivity contribution >= 4 is 27.4 Å². The maximum Gasteiger partial charge on any atom is 0.309 e. The first kappa shape index (κ1) is 14.7. The fourth-order valence-corrected chi connectivity index (χ4v) is 2.64. The second kappa shape index (κ2) is 5.38. The summed E-state index contributed by atoms with van der Waals surface area (Å²) in [5, 5.41) is 11.0. The molecule has 0 aliphatic heterocycles. The number of aryl methyl sites for hydroxylation is 1. The molecule has 1 aromatic carbocycles. The summed E-state index contributed by atoms with van der Waals surface area (Å²) in [4.78, 5) is 13.4. The Morgan fingerprint density at radius 2 is 2.14 bits per heavy atom. The molecular formula is C10H11N5O5S. The second-order valence-corrected chi connectivity index (χ2v) is 5.63. The van der Waals surface area contributed by atoms with Crippen molar-refractivity contribution in [2.24, 2.45) is 5.84 Å². The van der Waals surface area contributed by atoms with Gasteiger partial charge in [0.05, 0.1) is 16.3 Å². The standard InChI is InChI=1S/C10H11N5O5S/c1-6-5-20-10(12-6)14-21(18,19)9-3-2-7(13-11)4-8(9)15(16)17/h2-5,13H,11H2,1H3,(H,12,14). The van der Waals surface area contributed by atoms with E-state index in [2.05, 4.69) is 10.4 Å². The van der Waals surface area contributed by atoms with Gasteiger partial charge in [-0.25, -0.2) is 13.1 Å². The van der Waals surface area contributed by atoms with Crippen molar-refractivity contribution in [3.05, 3.63) is 40.3 Å². The van der Waals surface area contributed by atoms with Crippen molar-refractivity contribution in [2.45, 2.75) is 11.8 Å². The number of hydrogen-bond acceptors (Lipinski definition) is 8. The van der Waals surface area contributed by atoms with Crippen molar-refractivity contribution in [1.29, 1.82) is 0 Å². The first-order valence-corrected chi connectivity index (χ1v) is 7.02. The Hall–Kier alpha value is -2.66. The molecule has 0 bridgehead atoms. The fraction of sp³-hybridized carbons (Fsp3) is 0.100. The SMILES string of the molecule is Cc1coc(NS(=O)(=O)c2ccc(NN)cc2[N+](=O)[O-])n1. The number of nitrogens with zero attached hydrogens (tertiary/aromatic N) is 2. The number of nitro benzene ring substituents is 1. The number of hydrazine groups is 1. The van der Waals surface area contributed by atoms with Crippen LogP contribution in [0.1, 0.15) is 5.69 Å². The number of nitrogens with two attached hydrogens (primary N) is 1. The molecule has 0 saturated carbocycles. The number of sulfonamides is 1. The molecule has 10 nitrogen and oxygen atoms in total. The number of anilines is 2. The van der Waals surface area contributed by atoms with Crippen LogP contribution in [0.25, 0.3) is 0 Å². The van der Waals surface area contributed by atoms with Gasteiger partial charge in [0.15, 0.2) is 4.90 Å². The van der Waals surface area contributed by atoms with E-state index in [1.54, 1.807) is 6.92 Å². The molecule has 11 heteroatoms. The van der Waals surface area contributed by atoms with Crippen LogP contribution in [0.4, 0.5) is 17.4 Å². The average Bonchev–Trinajstić information content (AvgIpc) is 2.82. The molecule has 2 aromatic rings. The topological polar surface area (TPSA) is 153 Å². The Labute approximate surface area is 119 Å². The number of nitrogen functional groups attached to an aromatic ring is 1. The molecule has 21 heavy (non-hydrogen) atoms. The van der Waals surface area contributed by atoms with Crippen LogP contribution in [0.15, 0.2) is 33.8 Å². The molecule has 1 heterocycles. The van der Waals surface area contributed by atoms with Crippen LogP contribution in [0, 0.1) is 17.0 Å². The molecule has 0 unspecified atom stereocenters. The van der Waals surface area contributed by atoms with E-state index in [9.17, 15) is 18.5 Å². The largest absolute Gasteiger partial charge is 0.431 e. The van der Waals surface area contributed by atoms with Gasteiger partial charge in [-0.15, -0.1) is 0 Å².